The van der Waals surface area contributed by atoms with Gasteiger partial charge in [0, 0.05) is 23.8 Å². The van der Waals surface area contributed by atoms with Gasteiger partial charge in [-0.1, -0.05) is 17.8 Å². The highest BCUT2D eigenvalue weighted by molar-refractivity contribution is 7.99. The summed E-state index contributed by atoms with van der Waals surface area (Å²) in [6.45, 7) is 0.0782. The fourth-order valence-electron chi connectivity index (χ4n) is 1.43. The van der Waals surface area contributed by atoms with Gasteiger partial charge in [0.1, 0.15) is 0 Å². The number of hydrogen-bond donors (Lipinski definition) is 2. The topological polar surface area (TPSA) is 54.7 Å². The van der Waals surface area contributed by atoms with Gasteiger partial charge in [0.2, 0.25) is 0 Å². The first kappa shape index (κ1) is 13.0. The molecule has 1 aromatic carbocycles. The van der Waals surface area contributed by atoms with Crippen LogP contribution in [0.5, 0.6) is 0 Å². The number of aromatic amines is 1. The molecule has 2 aromatic rings. The third kappa shape index (κ3) is 2.85. The van der Waals surface area contributed by atoms with Gasteiger partial charge >= 0.3 is 6.18 Å². The van der Waals surface area contributed by atoms with Crippen LogP contribution in [-0.4, -0.2) is 9.97 Å². The first-order chi connectivity index (χ1) is 8.50. The molecule has 0 saturated heterocycles. The molecule has 18 heavy (non-hydrogen) atoms. The van der Waals surface area contributed by atoms with Gasteiger partial charge in [-0.3, -0.25) is 0 Å². The first-order valence-corrected chi connectivity index (χ1v) is 5.90. The molecular weight excluding hydrogens is 263 g/mol. The Balaban J connectivity index is 2.40. The molecule has 0 saturated carbocycles. The summed E-state index contributed by atoms with van der Waals surface area (Å²) in [5.74, 6) is 0. The molecule has 0 aliphatic rings. The van der Waals surface area contributed by atoms with Gasteiger partial charge in [-0.2, -0.15) is 13.2 Å². The molecule has 0 fully saturated rings. The lowest BCUT2D eigenvalue weighted by Crippen LogP contribution is -2.09. The van der Waals surface area contributed by atoms with Crippen LogP contribution in [0.4, 0.5) is 13.2 Å². The van der Waals surface area contributed by atoms with Gasteiger partial charge in [-0.25, -0.2) is 4.98 Å². The van der Waals surface area contributed by atoms with Crippen LogP contribution in [0, 0.1) is 0 Å². The largest absolute Gasteiger partial charge is 0.417 e. The Morgan fingerprint density at radius 1 is 1.33 bits per heavy atom. The van der Waals surface area contributed by atoms with E-state index >= 15 is 0 Å². The monoisotopic (exact) mass is 273 g/mol. The number of aromatic nitrogens is 2. The minimum atomic E-state index is -4.40. The molecule has 0 bridgehead atoms. The highest BCUT2D eigenvalue weighted by Gasteiger charge is 2.34. The number of nitrogens with zero attached hydrogens (tertiary/aromatic N) is 1. The molecule has 0 spiro atoms. The quantitative estimate of drug-likeness (QED) is 0.903. The number of alkyl halides is 3. The number of nitrogens with two attached hydrogens (primary N) is 1. The van der Waals surface area contributed by atoms with Crippen LogP contribution >= 0.6 is 11.8 Å². The minimum absolute atomic E-state index is 0.0782. The zero-order chi connectivity index (χ0) is 13.2. The maximum Gasteiger partial charge on any atom is 0.417 e. The molecule has 3 nitrogen and oxygen atoms in total. The summed E-state index contributed by atoms with van der Waals surface area (Å²) < 4.78 is 38.7. The van der Waals surface area contributed by atoms with E-state index in [1.165, 1.54) is 12.3 Å². The third-order valence-electron chi connectivity index (χ3n) is 2.26. The second-order valence-corrected chi connectivity index (χ2v) is 4.56. The number of benzene rings is 1. The van der Waals surface area contributed by atoms with Gasteiger partial charge < -0.3 is 10.7 Å². The van der Waals surface area contributed by atoms with E-state index in [9.17, 15) is 13.2 Å². The molecule has 96 valence electrons. The molecule has 0 amide bonds. The van der Waals surface area contributed by atoms with E-state index in [1.807, 2.05) is 0 Å². The van der Waals surface area contributed by atoms with Gasteiger partial charge in [0.15, 0.2) is 5.16 Å². The van der Waals surface area contributed by atoms with Crippen LogP contribution in [0.3, 0.4) is 0 Å². The number of halogens is 3. The molecular formula is C11H10F3N3S. The Labute approximate surface area is 106 Å². The average Bonchev–Trinajstić information content (AvgIpc) is 2.81. The van der Waals surface area contributed by atoms with Gasteiger partial charge in [0.05, 0.1) is 5.56 Å². The molecule has 1 heterocycles. The molecule has 2 rings (SSSR count). The lowest BCUT2D eigenvalue weighted by Gasteiger charge is -2.12. The van der Waals surface area contributed by atoms with Crippen LogP contribution in [-0.2, 0) is 12.7 Å². The van der Waals surface area contributed by atoms with E-state index in [0.717, 1.165) is 17.8 Å². The van der Waals surface area contributed by atoms with E-state index in [1.54, 1.807) is 12.3 Å². The predicted octanol–water partition coefficient (Wildman–Crippen LogP) is 3.04. The van der Waals surface area contributed by atoms with Gasteiger partial charge in [-0.15, -0.1) is 0 Å². The normalized spacial score (nSPS) is 11.8. The van der Waals surface area contributed by atoms with E-state index in [2.05, 4.69) is 9.97 Å². The summed E-state index contributed by atoms with van der Waals surface area (Å²) in [5.41, 5.74) is 5.12. The SMILES string of the molecule is NCc1ccc(Sc2ncc[nH]2)c(C(F)(F)F)c1. The van der Waals surface area contributed by atoms with Crippen molar-refractivity contribution >= 4 is 11.8 Å². The molecule has 0 aliphatic heterocycles. The summed E-state index contributed by atoms with van der Waals surface area (Å²) in [6, 6.07) is 4.07. The molecule has 7 heteroatoms. The number of rotatable bonds is 3. The van der Waals surface area contributed by atoms with Crippen LogP contribution < -0.4 is 5.73 Å². The third-order valence-corrected chi connectivity index (χ3v) is 3.26. The zero-order valence-corrected chi connectivity index (χ0v) is 9.98. The van der Waals surface area contributed by atoms with Crippen molar-refractivity contribution in [2.45, 2.75) is 22.8 Å². The van der Waals surface area contributed by atoms with E-state index in [-0.39, 0.29) is 11.4 Å². The Morgan fingerprint density at radius 3 is 2.67 bits per heavy atom. The Bertz CT molecular complexity index is 523. The van der Waals surface area contributed by atoms with Gasteiger partial charge in [-0.05, 0) is 17.7 Å². The zero-order valence-electron chi connectivity index (χ0n) is 9.16. The maximum absolute atomic E-state index is 12.9. The Hall–Kier alpha value is -1.47. The van der Waals surface area contributed by atoms with Gasteiger partial charge in [0.25, 0.3) is 0 Å². The maximum atomic E-state index is 12.9. The molecule has 0 unspecified atom stereocenters. The van der Waals surface area contributed by atoms with E-state index < -0.39 is 11.7 Å². The number of H-pyrrole nitrogens is 1. The summed E-state index contributed by atoms with van der Waals surface area (Å²) in [4.78, 5) is 6.75. The van der Waals surface area contributed by atoms with Crippen molar-refractivity contribution < 1.29 is 13.2 Å². The molecule has 0 atom stereocenters. The summed E-state index contributed by atoms with van der Waals surface area (Å²) in [7, 11) is 0. The highest BCUT2D eigenvalue weighted by atomic mass is 32.2. The lowest BCUT2D eigenvalue weighted by molar-refractivity contribution is -0.139. The second-order valence-electron chi connectivity index (χ2n) is 3.53. The fraction of sp³-hybridized carbons (Fsp3) is 0.182. The van der Waals surface area contributed by atoms with Crippen LogP contribution in [0.25, 0.3) is 0 Å². The van der Waals surface area contributed by atoms with Crippen molar-refractivity contribution in [3.8, 4) is 0 Å². The van der Waals surface area contributed by atoms with E-state index in [0.29, 0.717) is 10.7 Å². The summed E-state index contributed by atoms with van der Waals surface area (Å²) in [5, 5.41) is 0.418. The molecule has 0 aliphatic carbocycles. The predicted molar refractivity (Wildman–Crippen MR) is 62.0 cm³/mol. The molecule has 1 aromatic heterocycles. The minimum Gasteiger partial charge on any atom is -0.339 e. The second kappa shape index (κ2) is 5.03. The van der Waals surface area contributed by atoms with Crippen molar-refractivity contribution in [3.05, 3.63) is 41.7 Å². The van der Waals surface area contributed by atoms with Crippen LogP contribution in [0.2, 0.25) is 0 Å². The number of nitrogens with one attached hydrogen (secondary N) is 1. The standard InChI is InChI=1S/C11H10F3N3S/c12-11(13,14)8-5-7(6-15)1-2-9(8)18-10-16-3-4-17-10/h1-5H,6,15H2,(H,16,17). The molecule has 0 radical (unpaired) electrons. The van der Waals surface area contributed by atoms with Crippen molar-refractivity contribution in [2.24, 2.45) is 5.73 Å². The summed E-state index contributed by atoms with van der Waals surface area (Å²) in [6.07, 6.45) is -1.35. The van der Waals surface area contributed by atoms with Crippen LogP contribution in [0.1, 0.15) is 11.1 Å². The highest BCUT2D eigenvalue weighted by Crippen LogP contribution is 2.39. The first-order valence-electron chi connectivity index (χ1n) is 5.08. The number of imidazole rings is 1. The fourth-order valence-corrected chi connectivity index (χ4v) is 2.29. The van der Waals surface area contributed by atoms with Crippen molar-refractivity contribution in [3.63, 3.8) is 0 Å². The van der Waals surface area contributed by atoms with Crippen molar-refractivity contribution in [2.75, 3.05) is 0 Å². The van der Waals surface area contributed by atoms with Crippen LogP contribution in [0.15, 0.2) is 40.6 Å². The average molecular weight is 273 g/mol. The molecule has 3 N–H and O–H groups in total. The van der Waals surface area contributed by atoms with Crippen molar-refractivity contribution in [1.29, 1.82) is 0 Å². The smallest absolute Gasteiger partial charge is 0.339 e. The lowest BCUT2D eigenvalue weighted by atomic mass is 10.1. The Kier molecular flexibility index (Phi) is 3.63. The Morgan fingerprint density at radius 2 is 2.11 bits per heavy atom. The summed E-state index contributed by atoms with van der Waals surface area (Å²) >= 11 is 0.939. The van der Waals surface area contributed by atoms with E-state index in [4.69, 9.17) is 5.73 Å². The van der Waals surface area contributed by atoms with Crippen molar-refractivity contribution in [1.82, 2.24) is 9.97 Å². The number of hydrogen-bond acceptors (Lipinski definition) is 3.